The van der Waals surface area contributed by atoms with Gasteiger partial charge in [-0.15, -0.1) is 5.10 Å². The fourth-order valence-electron chi connectivity index (χ4n) is 2.64. The number of rotatable bonds is 4. The van der Waals surface area contributed by atoms with E-state index < -0.39 is 0 Å². The molecule has 116 valence electrons. The highest BCUT2D eigenvalue weighted by Crippen LogP contribution is 2.17. The van der Waals surface area contributed by atoms with Crippen LogP contribution in [0.3, 0.4) is 0 Å². The van der Waals surface area contributed by atoms with Crippen LogP contribution in [0.2, 0.25) is 0 Å². The van der Waals surface area contributed by atoms with Crippen LogP contribution < -0.4 is 10.2 Å². The Morgan fingerprint density at radius 2 is 1.86 bits per heavy atom. The Kier molecular flexibility index (Phi) is 4.78. The summed E-state index contributed by atoms with van der Waals surface area (Å²) in [6.07, 6.45) is 6.60. The molecule has 0 bridgehead atoms. The molecule has 6 heteroatoms. The SMILES string of the molecule is Fc1ccccc1CNc1nncc(N2CCCCCC2)n1. The van der Waals surface area contributed by atoms with E-state index in [1.165, 1.54) is 31.7 Å². The number of anilines is 2. The van der Waals surface area contributed by atoms with Gasteiger partial charge in [0.1, 0.15) is 5.82 Å². The first-order valence-electron chi connectivity index (χ1n) is 7.75. The molecular weight excluding hydrogens is 281 g/mol. The van der Waals surface area contributed by atoms with Crippen LogP contribution in [0, 0.1) is 5.82 Å². The molecule has 0 atom stereocenters. The third-order valence-corrected chi connectivity index (χ3v) is 3.87. The summed E-state index contributed by atoms with van der Waals surface area (Å²) in [7, 11) is 0. The summed E-state index contributed by atoms with van der Waals surface area (Å²) in [5.74, 6) is 1.05. The van der Waals surface area contributed by atoms with Gasteiger partial charge >= 0.3 is 0 Å². The van der Waals surface area contributed by atoms with Crippen LogP contribution in [0.1, 0.15) is 31.2 Å². The molecule has 0 amide bonds. The first-order chi connectivity index (χ1) is 10.8. The zero-order chi connectivity index (χ0) is 15.2. The average molecular weight is 301 g/mol. The number of nitrogens with zero attached hydrogens (tertiary/aromatic N) is 4. The highest BCUT2D eigenvalue weighted by atomic mass is 19.1. The van der Waals surface area contributed by atoms with Gasteiger partial charge in [-0.25, -0.2) is 4.39 Å². The molecule has 0 unspecified atom stereocenters. The third-order valence-electron chi connectivity index (χ3n) is 3.87. The van der Waals surface area contributed by atoms with E-state index in [2.05, 4.69) is 25.4 Å². The molecule has 2 heterocycles. The number of hydrogen-bond acceptors (Lipinski definition) is 5. The molecule has 1 saturated heterocycles. The Hall–Kier alpha value is -2.24. The Balaban J connectivity index is 1.67. The molecule has 1 aromatic carbocycles. The fraction of sp³-hybridized carbons (Fsp3) is 0.438. The summed E-state index contributed by atoms with van der Waals surface area (Å²) in [6.45, 7) is 2.36. The van der Waals surface area contributed by atoms with Gasteiger partial charge in [0.25, 0.3) is 0 Å². The van der Waals surface area contributed by atoms with E-state index in [1.54, 1.807) is 18.3 Å². The van der Waals surface area contributed by atoms with Crippen molar-refractivity contribution in [3.05, 3.63) is 41.8 Å². The first-order valence-corrected chi connectivity index (χ1v) is 7.75. The molecule has 0 aliphatic carbocycles. The maximum atomic E-state index is 13.6. The third kappa shape index (κ3) is 3.69. The maximum absolute atomic E-state index is 13.6. The standard InChI is InChI=1S/C16H20FN5/c17-14-8-4-3-7-13(14)11-18-16-20-15(12-19-21-16)22-9-5-1-2-6-10-22/h3-4,7-8,12H,1-2,5-6,9-11H2,(H,18,20,21). The van der Waals surface area contributed by atoms with E-state index >= 15 is 0 Å². The first kappa shape index (κ1) is 14.7. The Morgan fingerprint density at radius 1 is 1.09 bits per heavy atom. The van der Waals surface area contributed by atoms with Crippen molar-refractivity contribution < 1.29 is 4.39 Å². The van der Waals surface area contributed by atoms with Gasteiger partial charge in [-0.2, -0.15) is 10.1 Å². The van der Waals surface area contributed by atoms with Gasteiger partial charge in [0, 0.05) is 25.2 Å². The lowest BCUT2D eigenvalue weighted by atomic mass is 10.2. The summed E-state index contributed by atoms with van der Waals surface area (Å²) >= 11 is 0. The number of benzene rings is 1. The van der Waals surface area contributed by atoms with Crippen LogP contribution in [0.5, 0.6) is 0 Å². The van der Waals surface area contributed by atoms with Crippen molar-refractivity contribution in [3.63, 3.8) is 0 Å². The van der Waals surface area contributed by atoms with Crippen LogP contribution >= 0.6 is 0 Å². The van der Waals surface area contributed by atoms with Crippen LogP contribution in [0.25, 0.3) is 0 Å². The molecule has 2 aromatic rings. The summed E-state index contributed by atoms with van der Waals surface area (Å²) < 4.78 is 13.6. The molecule has 1 aromatic heterocycles. The Morgan fingerprint density at radius 3 is 2.64 bits per heavy atom. The maximum Gasteiger partial charge on any atom is 0.244 e. The number of nitrogens with one attached hydrogen (secondary N) is 1. The minimum Gasteiger partial charge on any atom is -0.355 e. The second kappa shape index (κ2) is 7.15. The Bertz CT molecular complexity index is 611. The van der Waals surface area contributed by atoms with Crippen LogP contribution in [0.15, 0.2) is 30.5 Å². The molecule has 1 aliphatic heterocycles. The highest BCUT2D eigenvalue weighted by molar-refractivity contribution is 5.40. The van der Waals surface area contributed by atoms with E-state index in [-0.39, 0.29) is 5.82 Å². The topological polar surface area (TPSA) is 53.9 Å². The zero-order valence-electron chi connectivity index (χ0n) is 12.5. The molecule has 5 nitrogen and oxygen atoms in total. The Labute approximate surface area is 129 Å². The van der Waals surface area contributed by atoms with Gasteiger partial charge in [0.2, 0.25) is 5.95 Å². The summed E-state index contributed by atoms with van der Waals surface area (Å²) in [5.41, 5.74) is 0.589. The molecule has 3 rings (SSSR count). The molecule has 0 spiro atoms. The van der Waals surface area contributed by atoms with Crippen LogP contribution in [0.4, 0.5) is 16.2 Å². The lowest BCUT2D eigenvalue weighted by molar-refractivity contribution is 0.612. The van der Waals surface area contributed by atoms with Crippen molar-refractivity contribution in [1.29, 1.82) is 0 Å². The van der Waals surface area contributed by atoms with Crippen LogP contribution in [-0.4, -0.2) is 28.3 Å². The van der Waals surface area contributed by atoms with E-state index in [0.29, 0.717) is 18.1 Å². The minimum absolute atomic E-state index is 0.230. The van der Waals surface area contributed by atoms with Gasteiger partial charge < -0.3 is 10.2 Å². The van der Waals surface area contributed by atoms with E-state index in [4.69, 9.17) is 0 Å². The normalized spacial score (nSPS) is 15.4. The smallest absolute Gasteiger partial charge is 0.244 e. The second-order valence-electron chi connectivity index (χ2n) is 5.48. The van der Waals surface area contributed by atoms with Gasteiger partial charge in [-0.1, -0.05) is 31.0 Å². The summed E-state index contributed by atoms with van der Waals surface area (Å²) in [4.78, 5) is 6.75. The molecule has 1 N–H and O–H groups in total. The van der Waals surface area contributed by atoms with Crippen molar-refractivity contribution >= 4 is 11.8 Å². The lowest BCUT2D eigenvalue weighted by Crippen LogP contribution is -2.25. The second-order valence-corrected chi connectivity index (χ2v) is 5.48. The fourth-order valence-corrected chi connectivity index (χ4v) is 2.64. The number of hydrogen-bond donors (Lipinski definition) is 1. The van der Waals surface area contributed by atoms with Gasteiger partial charge in [0.15, 0.2) is 5.82 Å². The lowest BCUT2D eigenvalue weighted by Gasteiger charge is -2.20. The number of halogens is 1. The largest absolute Gasteiger partial charge is 0.355 e. The minimum atomic E-state index is -0.230. The van der Waals surface area contributed by atoms with Gasteiger partial charge in [-0.3, -0.25) is 0 Å². The predicted octanol–water partition coefficient (Wildman–Crippen LogP) is 3.00. The molecular formula is C16H20FN5. The molecule has 1 aliphatic rings. The highest BCUT2D eigenvalue weighted by Gasteiger charge is 2.12. The predicted molar refractivity (Wildman–Crippen MR) is 84.2 cm³/mol. The van der Waals surface area contributed by atoms with E-state index in [9.17, 15) is 4.39 Å². The summed E-state index contributed by atoms with van der Waals surface area (Å²) in [5, 5.41) is 11.0. The quantitative estimate of drug-likeness (QED) is 0.941. The van der Waals surface area contributed by atoms with Crippen molar-refractivity contribution in [1.82, 2.24) is 15.2 Å². The average Bonchev–Trinajstić information content (AvgIpc) is 2.84. The van der Waals surface area contributed by atoms with Crippen molar-refractivity contribution in [2.45, 2.75) is 32.2 Å². The van der Waals surface area contributed by atoms with E-state index in [1.807, 2.05) is 6.07 Å². The van der Waals surface area contributed by atoms with Crippen molar-refractivity contribution in [2.75, 3.05) is 23.3 Å². The number of aromatic nitrogens is 3. The monoisotopic (exact) mass is 301 g/mol. The van der Waals surface area contributed by atoms with Crippen LogP contribution in [-0.2, 0) is 6.54 Å². The zero-order valence-corrected chi connectivity index (χ0v) is 12.5. The van der Waals surface area contributed by atoms with Gasteiger partial charge in [-0.05, 0) is 18.9 Å². The van der Waals surface area contributed by atoms with Crippen molar-refractivity contribution in [2.24, 2.45) is 0 Å². The molecule has 0 saturated carbocycles. The molecule has 22 heavy (non-hydrogen) atoms. The van der Waals surface area contributed by atoms with Crippen molar-refractivity contribution in [3.8, 4) is 0 Å². The molecule has 1 fully saturated rings. The van der Waals surface area contributed by atoms with Gasteiger partial charge in [0.05, 0.1) is 6.20 Å². The summed E-state index contributed by atoms with van der Waals surface area (Å²) in [6, 6.07) is 6.68. The van der Waals surface area contributed by atoms with E-state index in [0.717, 1.165) is 18.9 Å². The molecule has 0 radical (unpaired) electrons.